The summed E-state index contributed by atoms with van der Waals surface area (Å²) in [5.74, 6) is 1.19. The van der Waals surface area contributed by atoms with E-state index in [1.807, 2.05) is 12.1 Å². The second-order valence-corrected chi connectivity index (χ2v) is 5.87. The molecule has 2 aliphatic rings. The summed E-state index contributed by atoms with van der Waals surface area (Å²) in [4.78, 5) is 2.48. The van der Waals surface area contributed by atoms with Crippen LogP contribution in [-0.2, 0) is 6.54 Å². The molecule has 1 heterocycles. The minimum Gasteiger partial charge on any atom is -0.492 e. The van der Waals surface area contributed by atoms with Gasteiger partial charge in [-0.1, -0.05) is 37.5 Å². The highest BCUT2D eigenvalue weighted by molar-refractivity contribution is 5.33. The van der Waals surface area contributed by atoms with Crippen molar-refractivity contribution < 1.29 is 4.74 Å². The van der Waals surface area contributed by atoms with E-state index in [2.05, 4.69) is 23.1 Å². The molecule has 0 radical (unpaired) electrons. The van der Waals surface area contributed by atoms with Gasteiger partial charge in [-0.2, -0.15) is 5.26 Å². The summed E-state index contributed by atoms with van der Waals surface area (Å²) >= 11 is 0. The molecule has 1 aromatic rings. The van der Waals surface area contributed by atoms with Gasteiger partial charge in [-0.3, -0.25) is 4.90 Å². The van der Waals surface area contributed by atoms with Crippen molar-refractivity contribution in [1.82, 2.24) is 4.90 Å². The average Bonchev–Trinajstić information content (AvgIpc) is 2.84. The summed E-state index contributed by atoms with van der Waals surface area (Å²) in [5.41, 5.74) is 1.26. The monoisotopic (exact) mass is 270 g/mol. The summed E-state index contributed by atoms with van der Waals surface area (Å²) in [7, 11) is 0. The fourth-order valence-electron chi connectivity index (χ4n) is 3.50. The van der Waals surface area contributed by atoms with Gasteiger partial charge in [-0.15, -0.1) is 0 Å². The minimum absolute atomic E-state index is 0.183. The van der Waals surface area contributed by atoms with Gasteiger partial charge in [0.15, 0.2) is 0 Å². The maximum Gasteiger partial charge on any atom is 0.123 e. The van der Waals surface area contributed by atoms with Crippen molar-refractivity contribution in [3.05, 3.63) is 29.8 Å². The molecule has 0 N–H and O–H groups in total. The topological polar surface area (TPSA) is 36.3 Å². The van der Waals surface area contributed by atoms with Crippen LogP contribution in [0.25, 0.3) is 0 Å². The standard InChI is InChI=1S/C17H22N2O/c18-12-14-6-2-1-3-8-16(14)19-10-11-20-17-9-5-4-7-15(17)13-19/h4-5,7,9,14,16H,1-3,6,8,10-11,13H2. The molecule has 3 heteroatoms. The molecule has 1 fully saturated rings. The molecule has 0 bridgehead atoms. The Kier molecular flexibility index (Phi) is 4.22. The molecule has 20 heavy (non-hydrogen) atoms. The highest BCUT2D eigenvalue weighted by atomic mass is 16.5. The van der Waals surface area contributed by atoms with Crippen LogP contribution in [0, 0.1) is 17.2 Å². The van der Waals surface area contributed by atoms with Crippen LogP contribution in [0.3, 0.4) is 0 Å². The molecule has 1 aliphatic heterocycles. The molecule has 3 nitrogen and oxygen atoms in total. The number of rotatable bonds is 1. The largest absolute Gasteiger partial charge is 0.492 e. The molecular formula is C17H22N2O. The molecule has 2 atom stereocenters. The third kappa shape index (κ3) is 2.81. The fourth-order valence-corrected chi connectivity index (χ4v) is 3.50. The number of para-hydroxylation sites is 1. The lowest BCUT2D eigenvalue weighted by molar-refractivity contribution is 0.134. The predicted molar refractivity (Wildman–Crippen MR) is 78.3 cm³/mol. The minimum atomic E-state index is 0.183. The van der Waals surface area contributed by atoms with Crippen LogP contribution in [0.1, 0.15) is 37.7 Å². The van der Waals surface area contributed by atoms with Crippen LogP contribution < -0.4 is 4.74 Å². The summed E-state index contributed by atoms with van der Waals surface area (Å²) in [6.45, 7) is 2.57. The molecular weight excluding hydrogens is 248 g/mol. The third-order valence-corrected chi connectivity index (χ3v) is 4.60. The third-order valence-electron chi connectivity index (χ3n) is 4.60. The van der Waals surface area contributed by atoms with Crippen molar-refractivity contribution in [2.45, 2.75) is 44.7 Å². The van der Waals surface area contributed by atoms with Gasteiger partial charge in [-0.05, 0) is 18.9 Å². The van der Waals surface area contributed by atoms with E-state index in [-0.39, 0.29) is 5.92 Å². The lowest BCUT2D eigenvalue weighted by Gasteiger charge is -2.32. The molecule has 1 aliphatic carbocycles. The summed E-state index contributed by atoms with van der Waals surface area (Å²) < 4.78 is 5.85. The van der Waals surface area contributed by atoms with E-state index in [0.29, 0.717) is 6.04 Å². The van der Waals surface area contributed by atoms with E-state index >= 15 is 0 Å². The van der Waals surface area contributed by atoms with Crippen LogP contribution in [0.15, 0.2) is 24.3 Å². The number of hydrogen-bond acceptors (Lipinski definition) is 3. The van der Waals surface area contributed by atoms with Crippen molar-refractivity contribution >= 4 is 0 Å². The van der Waals surface area contributed by atoms with Crippen molar-refractivity contribution in [1.29, 1.82) is 5.26 Å². The first-order valence-corrected chi connectivity index (χ1v) is 7.73. The van der Waals surface area contributed by atoms with E-state index in [4.69, 9.17) is 4.74 Å². The van der Waals surface area contributed by atoms with Crippen LogP contribution >= 0.6 is 0 Å². The normalized spacial score (nSPS) is 27.6. The summed E-state index contributed by atoms with van der Waals surface area (Å²) in [5, 5.41) is 9.47. The lowest BCUT2D eigenvalue weighted by atomic mass is 9.94. The Labute approximate surface area is 121 Å². The predicted octanol–water partition coefficient (Wildman–Crippen LogP) is 3.35. The fraction of sp³-hybridized carbons (Fsp3) is 0.588. The second kappa shape index (κ2) is 6.28. The summed E-state index contributed by atoms with van der Waals surface area (Å²) in [6.07, 6.45) is 5.94. The molecule has 0 aromatic heterocycles. The van der Waals surface area contributed by atoms with E-state index in [9.17, 15) is 5.26 Å². The Morgan fingerprint density at radius 1 is 1.15 bits per heavy atom. The first kappa shape index (κ1) is 13.5. The van der Waals surface area contributed by atoms with Gasteiger partial charge in [0.25, 0.3) is 0 Å². The SMILES string of the molecule is N#CC1CCCCCC1N1CCOc2ccccc2C1. The Morgan fingerprint density at radius 2 is 2.00 bits per heavy atom. The number of nitrogens with zero attached hydrogens (tertiary/aromatic N) is 2. The van der Waals surface area contributed by atoms with Crippen LogP contribution in [0.2, 0.25) is 0 Å². The van der Waals surface area contributed by atoms with Crippen molar-refractivity contribution in [3.63, 3.8) is 0 Å². The van der Waals surface area contributed by atoms with Crippen LogP contribution in [0.5, 0.6) is 5.75 Å². The van der Waals surface area contributed by atoms with Crippen molar-refractivity contribution in [2.24, 2.45) is 5.92 Å². The van der Waals surface area contributed by atoms with Gasteiger partial charge >= 0.3 is 0 Å². The van der Waals surface area contributed by atoms with E-state index in [0.717, 1.165) is 38.3 Å². The van der Waals surface area contributed by atoms with Crippen LogP contribution in [0.4, 0.5) is 0 Å². The maximum atomic E-state index is 9.47. The Morgan fingerprint density at radius 3 is 2.90 bits per heavy atom. The highest BCUT2D eigenvalue weighted by Gasteiger charge is 2.30. The lowest BCUT2D eigenvalue weighted by Crippen LogP contribution is -2.40. The molecule has 106 valence electrons. The number of fused-ring (bicyclic) bond motifs is 1. The molecule has 0 spiro atoms. The first-order valence-electron chi connectivity index (χ1n) is 7.73. The van der Waals surface area contributed by atoms with Gasteiger partial charge in [-0.25, -0.2) is 0 Å². The Hall–Kier alpha value is -1.53. The molecule has 0 amide bonds. The van der Waals surface area contributed by atoms with Crippen molar-refractivity contribution in [2.75, 3.05) is 13.2 Å². The zero-order valence-corrected chi connectivity index (χ0v) is 11.9. The quantitative estimate of drug-likeness (QED) is 0.734. The van der Waals surface area contributed by atoms with Gasteiger partial charge in [0.2, 0.25) is 0 Å². The maximum absolute atomic E-state index is 9.47. The van der Waals surface area contributed by atoms with E-state index < -0.39 is 0 Å². The zero-order chi connectivity index (χ0) is 13.8. The summed E-state index contributed by atoms with van der Waals surface area (Å²) in [6, 6.07) is 11.2. The zero-order valence-electron chi connectivity index (χ0n) is 11.9. The Balaban J connectivity index is 1.81. The molecule has 1 saturated carbocycles. The van der Waals surface area contributed by atoms with Gasteiger partial charge < -0.3 is 4.74 Å². The Bertz CT molecular complexity index is 494. The molecule has 0 saturated heterocycles. The van der Waals surface area contributed by atoms with Gasteiger partial charge in [0.1, 0.15) is 12.4 Å². The number of benzene rings is 1. The smallest absolute Gasteiger partial charge is 0.123 e. The van der Waals surface area contributed by atoms with E-state index in [1.165, 1.54) is 24.8 Å². The van der Waals surface area contributed by atoms with Gasteiger partial charge in [0.05, 0.1) is 12.0 Å². The highest BCUT2D eigenvalue weighted by Crippen LogP contribution is 2.31. The van der Waals surface area contributed by atoms with Crippen molar-refractivity contribution in [3.8, 4) is 11.8 Å². The van der Waals surface area contributed by atoms with Crippen LogP contribution in [-0.4, -0.2) is 24.1 Å². The average molecular weight is 270 g/mol. The molecule has 1 aromatic carbocycles. The first-order chi connectivity index (χ1) is 9.88. The number of ether oxygens (including phenoxy) is 1. The second-order valence-electron chi connectivity index (χ2n) is 5.87. The van der Waals surface area contributed by atoms with E-state index in [1.54, 1.807) is 0 Å². The molecule has 3 rings (SSSR count). The number of hydrogen-bond donors (Lipinski definition) is 0. The molecule has 2 unspecified atom stereocenters. The van der Waals surface area contributed by atoms with Gasteiger partial charge in [0, 0.05) is 24.7 Å². The number of nitriles is 1.